The molecule has 0 saturated heterocycles. The summed E-state index contributed by atoms with van der Waals surface area (Å²) in [5.41, 5.74) is 1.38. The summed E-state index contributed by atoms with van der Waals surface area (Å²) in [6.45, 7) is 9.72. The van der Waals surface area contributed by atoms with Gasteiger partial charge >= 0.3 is 11.9 Å². The van der Waals surface area contributed by atoms with Crippen LogP contribution in [0.1, 0.15) is 25.0 Å². The molecule has 0 unspecified atom stereocenters. The average Bonchev–Trinajstić information content (AvgIpc) is 2.62. The van der Waals surface area contributed by atoms with Gasteiger partial charge in [0.05, 0.1) is 0 Å². The van der Waals surface area contributed by atoms with Crippen molar-refractivity contribution < 1.29 is 27.8 Å². The van der Waals surface area contributed by atoms with Gasteiger partial charge in [-0.2, -0.15) is 8.78 Å². The molecule has 0 heterocycles. The van der Waals surface area contributed by atoms with Crippen LogP contribution < -0.4 is 9.47 Å². The zero-order chi connectivity index (χ0) is 20.2. The molecule has 0 N–H and O–H groups in total. The van der Waals surface area contributed by atoms with Crippen molar-refractivity contribution in [2.24, 2.45) is 0 Å². The molecule has 2 aromatic rings. The summed E-state index contributed by atoms with van der Waals surface area (Å²) in [6, 6.07) is 13.2. The fourth-order valence-electron chi connectivity index (χ4n) is 2.37. The van der Waals surface area contributed by atoms with Crippen molar-refractivity contribution in [2.45, 2.75) is 19.3 Å². The molecule has 4 nitrogen and oxygen atoms in total. The molecule has 0 aliphatic rings. The van der Waals surface area contributed by atoms with Crippen molar-refractivity contribution in [3.63, 3.8) is 0 Å². The number of carbonyl (C=O) groups is 2. The van der Waals surface area contributed by atoms with Gasteiger partial charge in [0.1, 0.15) is 11.5 Å². The lowest BCUT2D eigenvalue weighted by atomic mass is 9.78. The fourth-order valence-corrected chi connectivity index (χ4v) is 2.37. The Morgan fingerprint density at radius 1 is 0.741 bits per heavy atom. The summed E-state index contributed by atoms with van der Waals surface area (Å²) >= 11 is 0. The molecule has 0 fully saturated rings. The molecule has 140 valence electrons. The van der Waals surface area contributed by atoms with E-state index >= 15 is 0 Å². The Hall–Kier alpha value is -3.28. The van der Waals surface area contributed by atoms with Gasteiger partial charge in [0.2, 0.25) is 11.7 Å². The lowest BCUT2D eigenvalue weighted by molar-refractivity contribution is -0.132. The topological polar surface area (TPSA) is 52.6 Å². The molecule has 2 aromatic carbocycles. The Bertz CT molecular complexity index is 808. The van der Waals surface area contributed by atoms with Crippen LogP contribution in [0.4, 0.5) is 8.78 Å². The van der Waals surface area contributed by atoms with Gasteiger partial charge < -0.3 is 9.47 Å². The Balaban J connectivity index is 2.17. The zero-order valence-electron chi connectivity index (χ0n) is 14.9. The summed E-state index contributed by atoms with van der Waals surface area (Å²) in [4.78, 5) is 22.4. The molecule has 0 spiro atoms. The Labute approximate surface area is 155 Å². The molecule has 0 atom stereocenters. The highest BCUT2D eigenvalue weighted by atomic mass is 19.1. The van der Waals surface area contributed by atoms with Gasteiger partial charge in [-0.1, -0.05) is 51.3 Å². The van der Waals surface area contributed by atoms with Crippen molar-refractivity contribution in [1.29, 1.82) is 0 Å². The van der Waals surface area contributed by atoms with Crippen LogP contribution in [0, 0.1) is 0 Å². The summed E-state index contributed by atoms with van der Waals surface area (Å²) in [5, 5.41) is 0. The van der Waals surface area contributed by atoms with E-state index < -0.39 is 29.0 Å². The lowest BCUT2D eigenvalue weighted by Crippen LogP contribution is -2.19. The van der Waals surface area contributed by atoms with Crippen LogP contribution >= 0.6 is 0 Å². The van der Waals surface area contributed by atoms with Crippen molar-refractivity contribution in [2.75, 3.05) is 0 Å². The quantitative estimate of drug-likeness (QED) is 0.416. The first-order valence-electron chi connectivity index (χ1n) is 7.95. The van der Waals surface area contributed by atoms with Crippen molar-refractivity contribution >= 4 is 11.9 Å². The first kappa shape index (κ1) is 20.0. The first-order valence-corrected chi connectivity index (χ1v) is 7.95. The highest BCUT2D eigenvalue weighted by molar-refractivity contribution is 5.87. The number of hydrogen-bond acceptors (Lipinski definition) is 4. The third kappa shape index (κ3) is 4.88. The highest BCUT2D eigenvalue weighted by Gasteiger charge is 2.23. The minimum atomic E-state index is -1.17. The van der Waals surface area contributed by atoms with E-state index in [1.807, 2.05) is 13.8 Å². The maximum Gasteiger partial charge on any atom is 0.371 e. The van der Waals surface area contributed by atoms with Gasteiger partial charge in [0.25, 0.3) is 0 Å². The van der Waals surface area contributed by atoms with Gasteiger partial charge in [-0.3, -0.25) is 0 Å². The largest absolute Gasteiger partial charge is 0.421 e. The smallest absolute Gasteiger partial charge is 0.371 e. The second kappa shape index (κ2) is 7.95. The zero-order valence-corrected chi connectivity index (χ0v) is 14.9. The number of rotatable bonds is 6. The Kier molecular flexibility index (Phi) is 5.90. The molecular weight excluding hydrogens is 354 g/mol. The Morgan fingerprint density at radius 2 is 1.04 bits per heavy atom. The van der Waals surface area contributed by atoms with E-state index in [4.69, 9.17) is 9.47 Å². The monoisotopic (exact) mass is 372 g/mol. The molecule has 0 amide bonds. The molecule has 27 heavy (non-hydrogen) atoms. The fraction of sp³-hybridized carbons (Fsp3) is 0.143. The van der Waals surface area contributed by atoms with Crippen LogP contribution in [0.15, 0.2) is 73.3 Å². The van der Waals surface area contributed by atoms with E-state index in [-0.39, 0.29) is 11.5 Å². The van der Waals surface area contributed by atoms with Crippen molar-refractivity contribution in [3.8, 4) is 11.5 Å². The summed E-state index contributed by atoms with van der Waals surface area (Å²) < 4.78 is 35.0. The normalized spacial score (nSPS) is 10.8. The molecule has 0 bridgehead atoms. The highest BCUT2D eigenvalue weighted by Crippen LogP contribution is 2.33. The maximum atomic E-state index is 12.7. The SMILES string of the molecule is C=C(F)C(=O)Oc1ccc(C(C)(C)c2ccc(OC(=O)C(=C)F)cc2)cc1. The molecular formula is C21H18F2O4. The molecule has 0 aliphatic heterocycles. The summed E-state index contributed by atoms with van der Waals surface area (Å²) in [7, 11) is 0. The van der Waals surface area contributed by atoms with Crippen LogP contribution in [-0.4, -0.2) is 11.9 Å². The van der Waals surface area contributed by atoms with Crippen LogP contribution in [0.25, 0.3) is 0 Å². The van der Waals surface area contributed by atoms with Gasteiger partial charge in [-0.25, -0.2) is 9.59 Å². The molecule has 6 heteroatoms. The minimum absolute atomic E-state index is 0.201. The maximum absolute atomic E-state index is 12.7. The van der Waals surface area contributed by atoms with Gasteiger partial charge in [-0.05, 0) is 35.4 Å². The van der Waals surface area contributed by atoms with Gasteiger partial charge in [-0.15, -0.1) is 0 Å². The van der Waals surface area contributed by atoms with E-state index in [1.165, 1.54) is 0 Å². The second-order valence-corrected chi connectivity index (χ2v) is 6.26. The first-order chi connectivity index (χ1) is 12.6. The number of ether oxygens (including phenoxy) is 2. The standard InChI is InChI=1S/C21H18F2O4/c1-13(22)19(24)26-17-9-5-15(6-10-17)21(3,4)16-7-11-18(12-8-16)27-20(25)14(2)23/h5-12H,1-2H2,3-4H3. The third-order valence-corrected chi connectivity index (χ3v) is 4.02. The van der Waals surface area contributed by atoms with E-state index in [0.717, 1.165) is 11.1 Å². The third-order valence-electron chi connectivity index (χ3n) is 4.02. The van der Waals surface area contributed by atoms with E-state index in [1.54, 1.807) is 48.5 Å². The average molecular weight is 372 g/mol. The molecule has 0 aromatic heterocycles. The van der Waals surface area contributed by atoms with Crippen LogP contribution in [0.3, 0.4) is 0 Å². The van der Waals surface area contributed by atoms with E-state index in [2.05, 4.69) is 13.2 Å². The van der Waals surface area contributed by atoms with Crippen LogP contribution in [0.2, 0.25) is 0 Å². The molecule has 0 aliphatic carbocycles. The lowest BCUT2D eigenvalue weighted by Gasteiger charge is -2.26. The number of esters is 2. The van der Waals surface area contributed by atoms with E-state index in [0.29, 0.717) is 0 Å². The summed E-state index contributed by atoms with van der Waals surface area (Å²) in [5.74, 6) is -4.21. The minimum Gasteiger partial charge on any atom is -0.421 e. The number of halogens is 2. The number of carbonyl (C=O) groups excluding carboxylic acids is 2. The Morgan fingerprint density at radius 3 is 1.30 bits per heavy atom. The molecule has 0 radical (unpaired) electrons. The predicted octanol–water partition coefficient (Wildman–Crippen LogP) is 4.79. The van der Waals surface area contributed by atoms with Crippen LogP contribution in [-0.2, 0) is 15.0 Å². The predicted molar refractivity (Wildman–Crippen MR) is 96.8 cm³/mol. The van der Waals surface area contributed by atoms with Crippen LogP contribution in [0.5, 0.6) is 11.5 Å². The second-order valence-electron chi connectivity index (χ2n) is 6.26. The number of benzene rings is 2. The van der Waals surface area contributed by atoms with Gasteiger partial charge in [0, 0.05) is 5.41 Å². The van der Waals surface area contributed by atoms with Gasteiger partial charge in [0.15, 0.2) is 0 Å². The molecule has 2 rings (SSSR count). The van der Waals surface area contributed by atoms with Crippen molar-refractivity contribution in [3.05, 3.63) is 84.5 Å². The van der Waals surface area contributed by atoms with Crippen molar-refractivity contribution in [1.82, 2.24) is 0 Å². The summed E-state index contributed by atoms with van der Waals surface area (Å²) in [6.07, 6.45) is 0. The number of hydrogen-bond donors (Lipinski definition) is 0. The molecule has 0 saturated carbocycles. The van der Waals surface area contributed by atoms with E-state index in [9.17, 15) is 18.4 Å².